The molecule has 0 radical (unpaired) electrons. The highest BCUT2D eigenvalue weighted by atomic mass is 19.4. The molecular weight excluding hydrogens is 371 g/mol. The summed E-state index contributed by atoms with van der Waals surface area (Å²) >= 11 is 0. The average Bonchev–Trinajstić information content (AvgIpc) is 3.12. The van der Waals surface area contributed by atoms with Crippen LogP contribution >= 0.6 is 0 Å². The summed E-state index contributed by atoms with van der Waals surface area (Å²) in [5, 5.41) is 3.29. The normalized spacial score (nSPS) is 20.2. The Morgan fingerprint density at radius 3 is 2.75 bits per heavy atom. The molecule has 1 fully saturated rings. The molecule has 0 spiro atoms. The molecule has 4 rings (SSSR count). The minimum Gasteiger partial charge on any atom is -0.336 e. The van der Waals surface area contributed by atoms with Gasteiger partial charge in [0, 0.05) is 30.2 Å². The van der Waals surface area contributed by atoms with Crippen LogP contribution in [0.3, 0.4) is 0 Å². The fourth-order valence-corrected chi connectivity index (χ4v) is 3.73. The van der Waals surface area contributed by atoms with Gasteiger partial charge in [0.15, 0.2) is 0 Å². The molecule has 2 heterocycles. The van der Waals surface area contributed by atoms with Crippen molar-refractivity contribution < 1.29 is 22.8 Å². The number of para-hydroxylation sites is 1. The number of nitrogens with one attached hydrogen (secondary N) is 1. The molecule has 1 aliphatic heterocycles. The number of allylic oxidation sites excluding steroid dienone is 2. The number of benzene rings is 1. The van der Waals surface area contributed by atoms with Crippen LogP contribution in [0.5, 0.6) is 0 Å². The van der Waals surface area contributed by atoms with E-state index in [1.165, 1.54) is 6.20 Å². The molecule has 1 unspecified atom stereocenters. The fraction of sp³-hybridized carbons (Fsp3) is 0.350. The topological polar surface area (TPSA) is 62.3 Å². The minimum absolute atomic E-state index is 0.0319. The number of nitrogens with zero attached hydrogens (tertiary/aromatic N) is 2. The van der Waals surface area contributed by atoms with E-state index in [0.717, 1.165) is 16.0 Å². The lowest BCUT2D eigenvalue weighted by Gasteiger charge is -2.24. The summed E-state index contributed by atoms with van der Waals surface area (Å²) in [5.41, 5.74) is 2.57. The maximum atomic E-state index is 12.9. The molecule has 1 aliphatic carbocycles. The molecular formula is C20H18F3N3O2. The lowest BCUT2D eigenvalue weighted by Crippen LogP contribution is -2.34. The number of hydrogen-bond acceptors (Lipinski definition) is 3. The Morgan fingerprint density at radius 1 is 1.29 bits per heavy atom. The lowest BCUT2D eigenvalue weighted by molar-refractivity contribution is -0.175. The quantitative estimate of drug-likeness (QED) is 0.840. The molecule has 1 N–H and O–H groups in total. The molecule has 1 saturated heterocycles. The third-order valence-electron chi connectivity index (χ3n) is 5.28. The molecule has 146 valence electrons. The first-order valence-corrected chi connectivity index (χ1v) is 9.09. The molecule has 8 heteroatoms. The molecule has 0 bridgehead atoms. The van der Waals surface area contributed by atoms with Crippen molar-refractivity contribution in [2.24, 2.45) is 5.92 Å². The van der Waals surface area contributed by atoms with Crippen LogP contribution in [-0.2, 0) is 0 Å². The molecule has 2 aliphatic rings. The number of halogens is 3. The standard InChI is InChI=1S/C20H18F3N3O2/c21-20(22,23)15-6-4-12(5-7-15)16-3-1-2-13-10-14(11-25-17(13)16)18(27)26-9-8-24-19(26)28/h1-4,10-11,15H,5-9H2,(H,24,28). The van der Waals surface area contributed by atoms with Crippen LogP contribution in [0.25, 0.3) is 16.5 Å². The number of urea groups is 1. The highest BCUT2D eigenvalue weighted by molar-refractivity contribution is 6.06. The summed E-state index contributed by atoms with van der Waals surface area (Å²) in [6.45, 7) is 0.728. The molecule has 1 atom stereocenters. The molecule has 0 saturated carbocycles. The molecule has 1 aromatic carbocycles. The van der Waals surface area contributed by atoms with Gasteiger partial charge in [-0.05, 0) is 30.9 Å². The first kappa shape index (κ1) is 18.5. The van der Waals surface area contributed by atoms with E-state index in [2.05, 4.69) is 10.3 Å². The maximum Gasteiger partial charge on any atom is 0.392 e. The summed E-state index contributed by atoms with van der Waals surface area (Å²) in [7, 11) is 0. The predicted octanol–water partition coefficient (Wildman–Crippen LogP) is 4.15. The Morgan fingerprint density at radius 2 is 2.11 bits per heavy atom. The van der Waals surface area contributed by atoms with Gasteiger partial charge in [0.25, 0.3) is 5.91 Å². The van der Waals surface area contributed by atoms with Crippen molar-refractivity contribution in [2.75, 3.05) is 13.1 Å². The van der Waals surface area contributed by atoms with Gasteiger partial charge in [0.2, 0.25) is 0 Å². The summed E-state index contributed by atoms with van der Waals surface area (Å²) in [5.74, 6) is -1.71. The highest BCUT2D eigenvalue weighted by Crippen LogP contribution is 2.40. The van der Waals surface area contributed by atoms with Gasteiger partial charge in [-0.25, -0.2) is 4.79 Å². The van der Waals surface area contributed by atoms with Crippen molar-refractivity contribution in [3.63, 3.8) is 0 Å². The van der Waals surface area contributed by atoms with Gasteiger partial charge < -0.3 is 5.32 Å². The first-order valence-electron chi connectivity index (χ1n) is 9.09. The molecule has 1 aromatic heterocycles. The highest BCUT2D eigenvalue weighted by Gasteiger charge is 2.39. The van der Waals surface area contributed by atoms with Crippen LogP contribution in [0.2, 0.25) is 0 Å². The average molecular weight is 389 g/mol. The van der Waals surface area contributed by atoms with E-state index < -0.39 is 24.0 Å². The number of pyridine rings is 1. The molecule has 28 heavy (non-hydrogen) atoms. The van der Waals surface area contributed by atoms with Crippen LogP contribution in [-0.4, -0.2) is 41.1 Å². The van der Waals surface area contributed by atoms with Crippen molar-refractivity contribution in [1.82, 2.24) is 15.2 Å². The predicted molar refractivity (Wildman–Crippen MR) is 97.6 cm³/mol. The van der Waals surface area contributed by atoms with Crippen molar-refractivity contribution in [2.45, 2.75) is 25.4 Å². The Bertz CT molecular complexity index is 984. The number of carbonyl (C=O) groups excluding carboxylic acids is 2. The SMILES string of the molecule is O=C1NCCN1C(=O)c1cnc2c(C3=CCC(C(F)(F)F)CC3)cccc2c1. The van der Waals surface area contributed by atoms with Crippen LogP contribution < -0.4 is 5.32 Å². The van der Waals surface area contributed by atoms with E-state index in [1.807, 2.05) is 6.07 Å². The van der Waals surface area contributed by atoms with E-state index >= 15 is 0 Å². The van der Waals surface area contributed by atoms with Crippen LogP contribution in [0, 0.1) is 5.92 Å². The number of aromatic nitrogens is 1. The zero-order valence-electron chi connectivity index (χ0n) is 14.9. The van der Waals surface area contributed by atoms with Crippen LogP contribution in [0.15, 0.2) is 36.5 Å². The van der Waals surface area contributed by atoms with E-state index in [-0.39, 0.29) is 12.8 Å². The second kappa shape index (κ2) is 6.92. The number of hydrogen-bond donors (Lipinski definition) is 1. The largest absolute Gasteiger partial charge is 0.392 e. The molecule has 3 amide bonds. The van der Waals surface area contributed by atoms with Crippen LogP contribution in [0.4, 0.5) is 18.0 Å². The van der Waals surface area contributed by atoms with Gasteiger partial charge >= 0.3 is 12.2 Å². The Hall–Kier alpha value is -2.90. The van der Waals surface area contributed by atoms with Gasteiger partial charge in [0.1, 0.15) is 0 Å². The maximum absolute atomic E-state index is 12.9. The number of amides is 3. The first-order chi connectivity index (χ1) is 13.3. The molecule has 5 nitrogen and oxygen atoms in total. The van der Waals surface area contributed by atoms with Crippen molar-refractivity contribution in [3.05, 3.63) is 47.7 Å². The number of rotatable bonds is 2. The lowest BCUT2D eigenvalue weighted by atomic mass is 9.85. The summed E-state index contributed by atoms with van der Waals surface area (Å²) in [6, 6.07) is 6.68. The third kappa shape index (κ3) is 3.34. The second-order valence-electron chi connectivity index (χ2n) is 7.03. The second-order valence-corrected chi connectivity index (χ2v) is 7.03. The van der Waals surface area contributed by atoms with Gasteiger partial charge in [-0.1, -0.05) is 24.3 Å². The van der Waals surface area contributed by atoms with Crippen molar-refractivity contribution in [1.29, 1.82) is 0 Å². The van der Waals surface area contributed by atoms with Gasteiger partial charge in [-0.15, -0.1) is 0 Å². The Balaban J connectivity index is 1.64. The van der Waals surface area contributed by atoms with E-state index in [9.17, 15) is 22.8 Å². The third-order valence-corrected chi connectivity index (χ3v) is 5.28. The summed E-state index contributed by atoms with van der Waals surface area (Å²) in [4.78, 5) is 29.8. The van der Waals surface area contributed by atoms with Gasteiger partial charge in [-0.3, -0.25) is 14.7 Å². The van der Waals surface area contributed by atoms with E-state index in [4.69, 9.17) is 0 Å². The molecule has 2 aromatic rings. The Labute approximate surface area is 159 Å². The van der Waals surface area contributed by atoms with E-state index in [0.29, 0.717) is 36.0 Å². The zero-order chi connectivity index (χ0) is 19.9. The number of imide groups is 1. The Kier molecular flexibility index (Phi) is 4.56. The van der Waals surface area contributed by atoms with Gasteiger partial charge in [-0.2, -0.15) is 13.2 Å². The number of fused-ring (bicyclic) bond motifs is 1. The zero-order valence-corrected chi connectivity index (χ0v) is 14.9. The van der Waals surface area contributed by atoms with E-state index in [1.54, 1.807) is 24.3 Å². The summed E-state index contributed by atoms with van der Waals surface area (Å²) in [6.07, 6.45) is -0.745. The monoisotopic (exact) mass is 389 g/mol. The van der Waals surface area contributed by atoms with Crippen molar-refractivity contribution >= 4 is 28.4 Å². The fourth-order valence-electron chi connectivity index (χ4n) is 3.73. The smallest absolute Gasteiger partial charge is 0.336 e. The summed E-state index contributed by atoms with van der Waals surface area (Å²) < 4.78 is 38.7. The van der Waals surface area contributed by atoms with Gasteiger partial charge in [0.05, 0.1) is 17.0 Å². The van der Waals surface area contributed by atoms with Crippen LogP contribution in [0.1, 0.15) is 35.2 Å². The minimum atomic E-state index is -4.17. The van der Waals surface area contributed by atoms with Crippen molar-refractivity contribution in [3.8, 4) is 0 Å². The number of carbonyl (C=O) groups is 2. The number of alkyl halides is 3.